The van der Waals surface area contributed by atoms with E-state index in [2.05, 4.69) is 10.6 Å². The van der Waals surface area contributed by atoms with Gasteiger partial charge in [0.25, 0.3) is 0 Å². The number of nitrogens with zero attached hydrogens (tertiary/aromatic N) is 1. The van der Waals surface area contributed by atoms with Gasteiger partial charge in [-0.1, -0.05) is 13.8 Å². The molecule has 0 spiro atoms. The lowest BCUT2D eigenvalue weighted by molar-refractivity contribution is -0.129. The van der Waals surface area contributed by atoms with Crippen molar-refractivity contribution in [1.29, 1.82) is 0 Å². The van der Waals surface area contributed by atoms with Crippen LogP contribution in [0.2, 0.25) is 0 Å². The van der Waals surface area contributed by atoms with Crippen molar-refractivity contribution >= 4 is 11.8 Å². The fourth-order valence-corrected chi connectivity index (χ4v) is 1.35. The van der Waals surface area contributed by atoms with Crippen LogP contribution in [0.1, 0.15) is 27.7 Å². The second-order valence-corrected chi connectivity index (χ2v) is 4.37. The van der Waals surface area contributed by atoms with E-state index in [1.54, 1.807) is 4.90 Å². The molecule has 17 heavy (non-hydrogen) atoms. The maximum absolute atomic E-state index is 11.6. The van der Waals surface area contributed by atoms with Crippen molar-refractivity contribution in [3.63, 3.8) is 0 Å². The molecule has 0 aromatic heterocycles. The molecule has 2 amide bonds. The Bertz CT molecular complexity index is 238. The smallest absolute Gasteiger partial charge is 0.236 e. The Balaban J connectivity index is 3.69. The van der Waals surface area contributed by atoms with Crippen molar-refractivity contribution in [2.75, 3.05) is 32.7 Å². The quantitative estimate of drug-likeness (QED) is 0.641. The number of carbonyl (C=O) groups excluding carboxylic acids is 2. The molecule has 0 saturated carbocycles. The molecular formula is C12H25N3O2. The van der Waals surface area contributed by atoms with E-state index in [4.69, 9.17) is 0 Å². The van der Waals surface area contributed by atoms with Gasteiger partial charge in [-0.25, -0.2) is 0 Å². The zero-order valence-electron chi connectivity index (χ0n) is 11.4. The Kier molecular flexibility index (Phi) is 8.40. The van der Waals surface area contributed by atoms with Crippen LogP contribution in [-0.2, 0) is 9.59 Å². The molecule has 0 unspecified atom stereocenters. The first kappa shape index (κ1) is 15.9. The SMILES string of the molecule is CCN(CC)C(=O)CNCC(=O)NCC(C)C. The van der Waals surface area contributed by atoms with Gasteiger partial charge in [0.1, 0.15) is 0 Å². The maximum Gasteiger partial charge on any atom is 0.236 e. The van der Waals surface area contributed by atoms with E-state index in [9.17, 15) is 9.59 Å². The van der Waals surface area contributed by atoms with Crippen molar-refractivity contribution in [1.82, 2.24) is 15.5 Å². The molecule has 0 aliphatic rings. The molecule has 0 fully saturated rings. The van der Waals surface area contributed by atoms with Gasteiger partial charge in [-0.05, 0) is 19.8 Å². The number of amides is 2. The molecule has 2 N–H and O–H groups in total. The van der Waals surface area contributed by atoms with Crippen LogP contribution in [0.4, 0.5) is 0 Å². The van der Waals surface area contributed by atoms with Crippen LogP contribution < -0.4 is 10.6 Å². The summed E-state index contributed by atoms with van der Waals surface area (Å²) in [4.78, 5) is 24.7. The standard InChI is InChI=1S/C12H25N3O2/c1-5-15(6-2)12(17)9-13-8-11(16)14-7-10(3)4/h10,13H,5-9H2,1-4H3,(H,14,16). The van der Waals surface area contributed by atoms with E-state index in [1.807, 2.05) is 27.7 Å². The topological polar surface area (TPSA) is 61.4 Å². The number of nitrogens with one attached hydrogen (secondary N) is 2. The normalized spacial score (nSPS) is 10.4. The highest BCUT2D eigenvalue weighted by Crippen LogP contribution is 1.88. The Morgan fingerprint density at radius 1 is 1.12 bits per heavy atom. The molecule has 0 bridgehead atoms. The van der Waals surface area contributed by atoms with Crippen molar-refractivity contribution in [2.45, 2.75) is 27.7 Å². The molecule has 0 aromatic carbocycles. The molecule has 0 aliphatic heterocycles. The van der Waals surface area contributed by atoms with Crippen LogP contribution in [0.5, 0.6) is 0 Å². The van der Waals surface area contributed by atoms with Crippen LogP contribution in [0.25, 0.3) is 0 Å². The summed E-state index contributed by atoms with van der Waals surface area (Å²) in [6.07, 6.45) is 0. The minimum atomic E-state index is -0.0638. The molecule has 0 heterocycles. The molecular weight excluding hydrogens is 218 g/mol. The summed E-state index contributed by atoms with van der Waals surface area (Å²) in [5.41, 5.74) is 0. The Morgan fingerprint density at radius 3 is 2.18 bits per heavy atom. The second-order valence-electron chi connectivity index (χ2n) is 4.37. The lowest BCUT2D eigenvalue weighted by Crippen LogP contribution is -2.42. The summed E-state index contributed by atoms with van der Waals surface area (Å²) >= 11 is 0. The van der Waals surface area contributed by atoms with Gasteiger partial charge < -0.3 is 10.2 Å². The van der Waals surface area contributed by atoms with Crippen LogP contribution in [-0.4, -0.2) is 49.4 Å². The van der Waals surface area contributed by atoms with Crippen LogP contribution in [0, 0.1) is 5.92 Å². The monoisotopic (exact) mass is 243 g/mol. The zero-order chi connectivity index (χ0) is 13.3. The first-order valence-corrected chi connectivity index (χ1v) is 6.26. The molecule has 0 aliphatic carbocycles. The molecule has 5 heteroatoms. The van der Waals surface area contributed by atoms with Crippen molar-refractivity contribution < 1.29 is 9.59 Å². The molecule has 100 valence electrons. The molecule has 0 aromatic rings. The fraction of sp³-hybridized carbons (Fsp3) is 0.833. The van der Waals surface area contributed by atoms with Crippen molar-refractivity contribution in [2.24, 2.45) is 5.92 Å². The number of likely N-dealkylation sites (N-methyl/N-ethyl adjacent to an activating group) is 1. The predicted octanol–water partition coefficient (Wildman–Crippen LogP) is 0.217. The van der Waals surface area contributed by atoms with Crippen LogP contribution in [0.3, 0.4) is 0 Å². The zero-order valence-corrected chi connectivity index (χ0v) is 11.4. The van der Waals surface area contributed by atoms with Gasteiger partial charge in [0.2, 0.25) is 11.8 Å². The lowest BCUT2D eigenvalue weighted by Gasteiger charge is -2.18. The Labute approximate surface area is 104 Å². The van der Waals surface area contributed by atoms with E-state index < -0.39 is 0 Å². The Morgan fingerprint density at radius 2 is 1.71 bits per heavy atom. The van der Waals surface area contributed by atoms with E-state index in [0.717, 1.165) is 0 Å². The summed E-state index contributed by atoms with van der Waals surface area (Å²) in [5, 5.41) is 5.64. The van der Waals surface area contributed by atoms with Gasteiger partial charge in [0.15, 0.2) is 0 Å². The van der Waals surface area contributed by atoms with Gasteiger partial charge in [-0.2, -0.15) is 0 Å². The Hall–Kier alpha value is -1.10. The van der Waals surface area contributed by atoms with Gasteiger partial charge >= 0.3 is 0 Å². The van der Waals surface area contributed by atoms with E-state index in [0.29, 0.717) is 25.6 Å². The van der Waals surface area contributed by atoms with Gasteiger partial charge in [0.05, 0.1) is 13.1 Å². The number of carbonyl (C=O) groups is 2. The average molecular weight is 243 g/mol. The summed E-state index contributed by atoms with van der Waals surface area (Å²) in [6.45, 7) is 10.5. The lowest BCUT2D eigenvalue weighted by atomic mass is 10.2. The number of hydrogen-bond donors (Lipinski definition) is 2. The summed E-state index contributed by atoms with van der Waals surface area (Å²) < 4.78 is 0. The van der Waals surface area contributed by atoms with Crippen LogP contribution >= 0.6 is 0 Å². The first-order chi connectivity index (χ1) is 8.01. The van der Waals surface area contributed by atoms with Crippen molar-refractivity contribution in [3.05, 3.63) is 0 Å². The average Bonchev–Trinajstić information content (AvgIpc) is 2.28. The summed E-state index contributed by atoms with van der Waals surface area (Å²) in [5.74, 6) is 0.411. The first-order valence-electron chi connectivity index (χ1n) is 6.26. The molecule has 5 nitrogen and oxygen atoms in total. The molecule has 0 radical (unpaired) electrons. The largest absolute Gasteiger partial charge is 0.355 e. The number of rotatable bonds is 8. The second kappa shape index (κ2) is 8.98. The third-order valence-corrected chi connectivity index (χ3v) is 2.39. The van der Waals surface area contributed by atoms with Crippen molar-refractivity contribution in [3.8, 4) is 0 Å². The van der Waals surface area contributed by atoms with E-state index in [-0.39, 0.29) is 24.9 Å². The minimum absolute atomic E-state index is 0.0339. The van der Waals surface area contributed by atoms with Gasteiger partial charge in [-0.15, -0.1) is 0 Å². The minimum Gasteiger partial charge on any atom is -0.355 e. The maximum atomic E-state index is 11.6. The van der Waals surface area contributed by atoms with E-state index >= 15 is 0 Å². The summed E-state index contributed by atoms with van der Waals surface area (Å²) in [6, 6.07) is 0. The molecule has 0 rings (SSSR count). The highest BCUT2D eigenvalue weighted by molar-refractivity contribution is 5.81. The highest BCUT2D eigenvalue weighted by Gasteiger charge is 2.09. The summed E-state index contributed by atoms with van der Waals surface area (Å²) in [7, 11) is 0. The molecule has 0 atom stereocenters. The number of hydrogen-bond acceptors (Lipinski definition) is 3. The third kappa shape index (κ3) is 7.74. The molecule has 0 saturated heterocycles. The highest BCUT2D eigenvalue weighted by atomic mass is 16.2. The van der Waals surface area contributed by atoms with Gasteiger partial charge in [0, 0.05) is 19.6 Å². The predicted molar refractivity (Wildman–Crippen MR) is 68.6 cm³/mol. The fourth-order valence-electron chi connectivity index (χ4n) is 1.35. The third-order valence-electron chi connectivity index (χ3n) is 2.39. The van der Waals surface area contributed by atoms with Gasteiger partial charge in [-0.3, -0.25) is 14.9 Å². The van der Waals surface area contributed by atoms with E-state index in [1.165, 1.54) is 0 Å². The van der Waals surface area contributed by atoms with Crippen LogP contribution in [0.15, 0.2) is 0 Å².